The van der Waals surface area contributed by atoms with E-state index in [1.54, 1.807) is 0 Å². The molecule has 0 aromatic heterocycles. The molecule has 0 unspecified atom stereocenters. The normalized spacial score (nSPS) is 8.33. The molecule has 0 amide bonds. The number of rotatable bonds is 1. The molecule has 12 heavy (non-hydrogen) atoms. The lowest BCUT2D eigenvalue weighted by Crippen LogP contribution is -2.10. The third-order valence-corrected chi connectivity index (χ3v) is 1.42. The van der Waals surface area contributed by atoms with Gasteiger partial charge in [-0.15, -0.1) is 0 Å². The summed E-state index contributed by atoms with van der Waals surface area (Å²) in [5.74, 6) is 0. The van der Waals surface area contributed by atoms with Crippen LogP contribution < -0.4 is 10.6 Å². The third kappa shape index (κ3) is 2.82. The Labute approximate surface area is 75.0 Å². The monoisotopic (exact) mass is 166 g/mol. The van der Waals surface area contributed by atoms with Crippen LogP contribution in [0.3, 0.4) is 0 Å². The largest absolute Gasteiger partial charge is 0.397 e. The molecule has 68 valence electrons. The van der Waals surface area contributed by atoms with Crippen LogP contribution in [-0.4, -0.2) is 14.1 Å². The van der Waals surface area contributed by atoms with Gasteiger partial charge in [0.2, 0.25) is 0 Å². The molecule has 1 aromatic carbocycles. The van der Waals surface area contributed by atoms with E-state index in [1.165, 1.54) is 0 Å². The van der Waals surface area contributed by atoms with Crippen LogP contribution in [-0.2, 0) is 0 Å². The van der Waals surface area contributed by atoms with Crippen molar-refractivity contribution >= 4 is 11.4 Å². The second-order valence-corrected chi connectivity index (χ2v) is 2.45. The van der Waals surface area contributed by atoms with Crippen LogP contribution in [0, 0.1) is 0 Å². The number of hydrogen-bond donors (Lipinski definition) is 1. The van der Waals surface area contributed by atoms with E-state index in [0.717, 1.165) is 11.4 Å². The van der Waals surface area contributed by atoms with Crippen molar-refractivity contribution in [2.24, 2.45) is 0 Å². The van der Waals surface area contributed by atoms with E-state index in [4.69, 9.17) is 5.73 Å². The molecule has 0 fully saturated rings. The van der Waals surface area contributed by atoms with E-state index >= 15 is 0 Å². The SMILES string of the molecule is CC.CN(C)c1ccccc1N. The van der Waals surface area contributed by atoms with E-state index < -0.39 is 0 Å². The van der Waals surface area contributed by atoms with Crippen molar-refractivity contribution in [2.75, 3.05) is 24.7 Å². The first-order valence-electron chi connectivity index (χ1n) is 4.23. The van der Waals surface area contributed by atoms with Gasteiger partial charge in [-0.2, -0.15) is 0 Å². The lowest BCUT2D eigenvalue weighted by molar-refractivity contribution is 1.13. The number of nitrogens with two attached hydrogens (primary N) is 1. The Morgan fingerprint density at radius 2 is 1.58 bits per heavy atom. The second-order valence-electron chi connectivity index (χ2n) is 2.45. The van der Waals surface area contributed by atoms with Crippen molar-refractivity contribution in [3.8, 4) is 0 Å². The Morgan fingerprint density at radius 1 is 1.08 bits per heavy atom. The summed E-state index contributed by atoms with van der Waals surface area (Å²) in [5, 5.41) is 0. The summed E-state index contributed by atoms with van der Waals surface area (Å²) in [5.41, 5.74) is 7.58. The first kappa shape index (κ1) is 10.8. The molecule has 0 radical (unpaired) electrons. The lowest BCUT2D eigenvalue weighted by Gasteiger charge is -2.13. The van der Waals surface area contributed by atoms with Crippen molar-refractivity contribution in [1.29, 1.82) is 0 Å². The van der Waals surface area contributed by atoms with Gasteiger partial charge in [0.25, 0.3) is 0 Å². The van der Waals surface area contributed by atoms with E-state index in [0.29, 0.717) is 0 Å². The maximum atomic E-state index is 5.68. The van der Waals surface area contributed by atoms with Crippen LogP contribution in [0.15, 0.2) is 24.3 Å². The van der Waals surface area contributed by atoms with Gasteiger partial charge in [-0.05, 0) is 12.1 Å². The van der Waals surface area contributed by atoms with E-state index in [-0.39, 0.29) is 0 Å². The lowest BCUT2D eigenvalue weighted by atomic mass is 10.2. The highest BCUT2D eigenvalue weighted by atomic mass is 15.1. The van der Waals surface area contributed by atoms with Gasteiger partial charge in [0.1, 0.15) is 0 Å². The van der Waals surface area contributed by atoms with Gasteiger partial charge in [0, 0.05) is 14.1 Å². The summed E-state index contributed by atoms with van der Waals surface area (Å²) in [6.45, 7) is 4.00. The smallest absolute Gasteiger partial charge is 0.0594 e. The molecule has 0 aliphatic rings. The fourth-order valence-electron chi connectivity index (χ4n) is 0.895. The zero-order valence-corrected chi connectivity index (χ0v) is 8.33. The Hall–Kier alpha value is -1.18. The Morgan fingerprint density at radius 3 is 1.92 bits per heavy atom. The predicted molar refractivity (Wildman–Crippen MR) is 56.5 cm³/mol. The van der Waals surface area contributed by atoms with Gasteiger partial charge in [0.15, 0.2) is 0 Å². The van der Waals surface area contributed by atoms with Crippen LogP contribution in [0.2, 0.25) is 0 Å². The summed E-state index contributed by atoms with van der Waals surface area (Å²) < 4.78 is 0. The fourth-order valence-corrected chi connectivity index (χ4v) is 0.895. The van der Waals surface area contributed by atoms with Crippen molar-refractivity contribution in [3.63, 3.8) is 0 Å². The van der Waals surface area contributed by atoms with Gasteiger partial charge in [-0.3, -0.25) is 0 Å². The maximum Gasteiger partial charge on any atom is 0.0594 e. The molecular weight excluding hydrogens is 148 g/mol. The number of nitrogens with zero attached hydrogens (tertiary/aromatic N) is 1. The molecule has 0 spiro atoms. The average molecular weight is 166 g/mol. The number of benzene rings is 1. The summed E-state index contributed by atoms with van der Waals surface area (Å²) in [6, 6.07) is 7.80. The van der Waals surface area contributed by atoms with Crippen molar-refractivity contribution in [1.82, 2.24) is 0 Å². The zero-order valence-electron chi connectivity index (χ0n) is 8.33. The summed E-state index contributed by atoms with van der Waals surface area (Å²) in [7, 11) is 3.96. The number of nitrogen functional groups attached to an aromatic ring is 1. The molecule has 2 heteroatoms. The zero-order chi connectivity index (χ0) is 9.56. The van der Waals surface area contributed by atoms with Gasteiger partial charge in [-0.25, -0.2) is 0 Å². The minimum absolute atomic E-state index is 0.826. The minimum Gasteiger partial charge on any atom is -0.397 e. The molecule has 0 heterocycles. The van der Waals surface area contributed by atoms with E-state index in [9.17, 15) is 0 Å². The van der Waals surface area contributed by atoms with Crippen molar-refractivity contribution < 1.29 is 0 Å². The topological polar surface area (TPSA) is 29.3 Å². The van der Waals surface area contributed by atoms with Gasteiger partial charge >= 0.3 is 0 Å². The summed E-state index contributed by atoms with van der Waals surface area (Å²) in [6.07, 6.45) is 0. The molecule has 0 bridgehead atoms. The second kappa shape index (κ2) is 5.47. The molecule has 0 saturated carbocycles. The molecule has 2 N–H and O–H groups in total. The standard InChI is InChI=1S/C8H12N2.C2H6/c1-10(2)8-6-4-3-5-7(8)9;1-2/h3-6H,9H2,1-2H3;1-2H3. The van der Waals surface area contributed by atoms with Crippen LogP contribution in [0.4, 0.5) is 11.4 Å². The highest BCUT2D eigenvalue weighted by Crippen LogP contribution is 2.18. The number of anilines is 2. The Bertz CT molecular complexity index is 219. The van der Waals surface area contributed by atoms with Crippen LogP contribution in [0.5, 0.6) is 0 Å². The van der Waals surface area contributed by atoms with E-state index in [2.05, 4.69) is 0 Å². The fraction of sp³-hybridized carbons (Fsp3) is 0.400. The Balaban J connectivity index is 0.000000561. The average Bonchev–Trinajstić information content (AvgIpc) is 2.08. The predicted octanol–water partition coefficient (Wildman–Crippen LogP) is 2.36. The first-order valence-corrected chi connectivity index (χ1v) is 4.23. The molecule has 0 aliphatic heterocycles. The van der Waals surface area contributed by atoms with Crippen molar-refractivity contribution in [2.45, 2.75) is 13.8 Å². The molecule has 0 aliphatic carbocycles. The van der Waals surface area contributed by atoms with E-state index in [1.807, 2.05) is 57.1 Å². The molecular formula is C10H18N2. The van der Waals surface area contributed by atoms with Crippen LogP contribution in [0.1, 0.15) is 13.8 Å². The van der Waals surface area contributed by atoms with Gasteiger partial charge in [-0.1, -0.05) is 26.0 Å². The summed E-state index contributed by atoms with van der Waals surface area (Å²) in [4.78, 5) is 2.00. The minimum atomic E-state index is 0.826. The first-order chi connectivity index (χ1) is 5.72. The number of hydrogen-bond acceptors (Lipinski definition) is 2. The summed E-state index contributed by atoms with van der Waals surface area (Å²) >= 11 is 0. The quantitative estimate of drug-likeness (QED) is 0.649. The highest BCUT2D eigenvalue weighted by Gasteiger charge is 1.96. The third-order valence-electron chi connectivity index (χ3n) is 1.42. The molecule has 1 rings (SSSR count). The van der Waals surface area contributed by atoms with Crippen molar-refractivity contribution in [3.05, 3.63) is 24.3 Å². The van der Waals surface area contributed by atoms with Gasteiger partial charge in [0.05, 0.1) is 11.4 Å². The van der Waals surface area contributed by atoms with Crippen LogP contribution in [0.25, 0.3) is 0 Å². The maximum absolute atomic E-state index is 5.68. The molecule has 0 atom stereocenters. The highest BCUT2D eigenvalue weighted by molar-refractivity contribution is 5.66. The molecule has 2 nitrogen and oxygen atoms in total. The number of para-hydroxylation sites is 2. The Kier molecular flexibility index (Phi) is 4.93. The van der Waals surface area contributed by atoms with Gasteiger partial charge < -0.3 is 10.6 Å². The molecule has 0 saturated heterocycles. The molecule has 1 aromatic rings. The van der Waals surface area contributed by atoms with Crippen LogP contribution >= 0.6 is 0 Å².